The van der Waals surface area contributed by atoms with Crippen LogP contribution in [0.4, 0.5) is 0 Å². The highest BCUT2D eigenvalue weighted by Crippen LogP contribution is 2.41. The Morgan fingerprint density at radius 3 is 2.35 bits per heavy atom. The van der Waals surface area contributed by atoms with Crippen LogP contribution in [0.1, 0.15) is 51.5 Å². The lowest BCUT2D eigenvalue weighted by Gasteiger charge is -2.42. The molecule has 0 saturated heterocycles. The third kappa shape index (κ3) is 3.42. The highest BCUT2D eigenvalue weighted by Gasteiger charge is 2.35. The van der Waals surface area contributed by atoms with Gasteiger partial charge in [0, 0.05) is 6.04 Å². The molecule has 0 bridgehead atoms. The Balaban J connectivity index is 2.18. The van der Waals surface area contributed by atoms with Gasteiger partial charge in [-0.1, -0.05) is 44.2 Å². The van der Waals surface area contributed by atoms with E-state index < -0.39 is 0 Å². The summed E-state index contributed by atoms with van der Waals surface area (Å²) in [6, 6.07) is 11.4. The van der Waals surface area contributed by atoms with Crippen molar-refractivity contribution < 1.29 is 5.11 Å². The Labute approximate surface area is 123 Å². The summed E-state index contributed by atoms with van der Waals surface area (Å²) >= 11 is 0. The Hall–Kier alpha value is -0.860. The Kier molecular flexibility index (Phi) is 5.62. The van der Waals surface area contributed by atoms with E-state index in [9.17, 15) is 5.11 Å². The molecule has 0 spiro atoms. The van der Waals surface area contributed by atoms with Crippen molar-refractivity contribution in [3.63, 3.8) is 0 Å². The van der Waals surface area contributed by atoms with Crippen LogP contribution < -0.4 is 0 Å². The highest BCUT2D eigenvalue weighted by molar-refractivity contribution is 5.22. The van der Waals surface area contributed by atoms with Crippen molar-refractivity contribution in [2.24, 2.45) is 5.92 Å². The highest BCUT2D eigenvalue weighted by atomic mass is 16.3. The number of benzene rings is 1. The molecule has 1 fully saturated rings. The molecule has 0 heterocycles. The second-order valence-electron chi connectivity index (χ2n) is 6.11. The van der Waals surface area contributed by atoms with Crippen LogP contribution in [0.5, 0.6) is 0 Å². The molecule has 1 aliphatic rings. The van der Waals surface area contributed by atoms with Crippen LogP contribution in [0.15, 0.2) is 30.3 Å². The van der Waals surface area contributed by atoms with Crippen molar-refractivity contribution in [1.82, 2.24) is 4.90 Å². The van der Waals surface area contributed by atoms with Gasteiger partial charge in [0.15, 0.2) is 0 Å². The van der Waals surface area contributed by atoms with Gasteiger partial charge in [-0.15, -0.1) is 0 Å². The molecule has 2 nitrogen and oxygen atoms in total. The molecule has 0 aliphatic heterocycles. The molecule has 1 aliphatic carbocycles. The molecule has 0 radical (unpaired) electrons. The van der Waals surface area contributed by atoms with Crippen LogP contribution in [-0.4, -0.2) is 35.2 Å². The molecule has 2 rings (SSSR count). The largest absolute Gasteiger partial charge is 0.393 e. The zero-order valence-electron chi connectivity index (χ0n) is 13.1. The van der Waals surface area contributed by atoms with E-state index in [1.807, 2.05) is 6.92 Å². The minimum absolute atomic E-state index is 0.210. The van der Waals surface area contributed by atoms with Crippen molar-refractivity contribution in [2.75, 3.05) is 13.1 Å². The van der Waals surface area contributed by atoms with Crippen LogP contribution in [0, 0.1) is 5.92 Å². The zero-order chi connectivity index (χ0) is 14.5. The standard InChI is InChI=1S/C18H29NO/c1-4-19(5-2)16-11-12-17(14(3)20)18(13-16)15-9-7-6-8-10-15/h6-10,14,16-18,20H,4-5,11-13H2,1-3H3. The SMILES string of the molecule is CCN(CC)C1CCC(C(C)O)C(c2ccccc2)C1. The molecule has 0 aromatic heterocycles. The Morgan fingerprint density at radius 1 is 1.15 bits per heavy atom. The van der Waals surface area contributed by atoms with E-state index in [1.165, 1.54) is 18.4 Å². The normalized spacial score (nSPS) is 28.6. The Morgan fingerprint density at radius 2 is 1.80 bits per heavy atom. The summed E-state index contributed by atoms with van der Waals surface area (Å²) in [6.45, 7) is 8.71. The minimum Gasteiger partial charge on any atom is -0.393 e. The van der Waals surface area contributed by atoms with Gasteiger partial charge in [-0.3, -0.25) is 0 Å². The van der Waals surface area contributed by atoms with Crippen LogP contribution >= 0.6 is 0 Å². The number of aliphatic hydroxyl groups is 1. The van der Waals surface area contributed by atoms with Crippen LogP contribution in [-0.2, 0) is 0 Å². The number of hydrogen-bond donors (Lipinski definition) is 1. The third-order valence-corrected chi connectivity index (χ3v) is 5.05. The molecule has 4 unspecified atom stereocenters. The van der Waals surface area contributed by atoms with E-state index in [-0.39, 0.29) is 6.10 Å². The van der Waals surface area contributed by atoms with Gasteiger partial charge in [0.1, 0.15) is 0 Å². The second kappa shape index (κ2) is 7.24. The summed E-state index contributed by atoms with van der Waals surface area (Å²) in [5.74, 6) is 0.903. The van der Waals surface area contributed by atoms with E-state index in [0.29, 0.717) is 17.9 Å². The average Bonchev–Trinajstić information content (AvgIpc) is 2.49. The van der Waals surface area contributed by atoms with Gasteiger partial charge >= 0.3 is 0 Å². The molecule has 0 amide bonds. The van der Waals surface area contributed by atoms with Gasteiger partial charge in [0.05, 0.1) is 6.10 Å². The first-order valence-corrected chi connectivity index (χ1v) is 8.14. The van der Waals surface area contributed by atoms with E-state index >= 15 is 0 Å². The smallest absolute Gasteiger partial charge is 0.0546 e. The van der Waals surface area contributed by atoms with Gasteiger partial charge < -0.3 is 10.0 Å². The fourth-order valence-corrected chi connectivity index (χ4v) is 3.90. The first-order valence-electron chi connectivity index (χ1n) is 8.14. The molecule has 1 saturated carbocycles. The molecule has 20 heavy (non-hydrogen) atoms. The quantitative estimate of drug-likeness (QED) is 0.886. The van der Waals surface area contributed by atoms with Crippen molar-refractivity contribution in [3.8, 4) is 0 Å². The van der Waals surface area contributed by atoms with E-state index in [0.717, 1.165) is 19.5 Å². The molecule has 1 aromatic carbocycles. The van der Waals surface area contributed by atoms with E-state index in [4.69, 9.17) is 0 Å². The molecular formula is C18H29NO. The number of hydrogen-bond acceptors (Lipinski definition) is 2. The van der Waals surface area contributed by atoms with Gasteiger partial charge in [0.2, 0.25) is 0 Å². The monoisotopic (exact) mass is 275 g/mol. The van der Waals surface area contributed by atoms with Crippen LogP contribution in [0.3, 0.4) is 0 Å². The maximum atomic E-state index is 10.1. The van der Waals surface area contributed by atoms with Crippen molar-refractivity contribution in [3.05, 3.63) is 35.9 Å². The van der Waals surface area contributed by atoms with Crippen molar-refractivity contribution >= 4 is 0 Å². The number of rotatable bonds is 5. The van der Waals surface area contributed by atoms with Crippen molar-refractivity contribution in [2.45, 2.75) is 58.1 Å². The Bertz CT molecular complexity index is 386. The predicted molar refractivity (Wildman–Crippen MR) is 84.9 cm³/mol. The zero-order valence-corrected chi connectivity index (χ0v) is 13.1. The van der Waals surface area contributed by atoms with Gasteiger partial charge in [-0.2, -0.15) is 0 Å². The third-order valence-electron chi connectivity index (χ3n) is 5.05. The summed E-state index contributed by atoms with van der Waals surface area (Å²) < 4.78 is 0. The summed E-state index contributed by atoms with van der Waals surface area (Å²) in [6.07, 6.45) is 3.33. The first-order chi connectivity index (χ1) is 9.67. The van der Waals surface area contributed by atoms with Gasteiger partial charge in [0.25, 0.3) is 0 Å². The van der Waals surface area contributed by atoms with E-state index in [2.05, 4.69) is 49.1 Å². The van der Waals surface area contributed by atoms with Crippen molar-refractivity contribution in [1.29, 1.82) is 0 Å². The fraction of sp³-hybridized carbons (Fsp3) is 0.667. The molecule has 112 valence electrons. The molecule has 1 N–H and O–H groups in total. The molecule has 4 atom stereocenters. The predicted octanol–water partition coefficient (Wildman–Crippen LogP) is 3.66. The van der Waals surface area contributed by atoms with Crippen LogP contribution in [0.2, 0.25) is 0 Å². The molecular weight excluding hydrogens is 246 g/mol. The maximum absolute atomic E-state index is 10.1. The van der Waals surface area contributed by atoms with Crippen LogP contribution in [0.25, 0.3) is 0 Å². The number of nitrogens with zero attached hydrogens (tertiary/aromatic N) is 1. The fourth-order valence-electron chi connectivity index (χ4n) is 3.90. The molecule has 1 aromatic rings. The summed E-state index contributed by atoms with van der Waals surface area (Å²) in [4.78, 5) is 2.58. The lowest BCUT2D eigenvalue weighted by atomic mass is 9.71. The average molecular weight is 275 g/mol. The minimum atomic E-state index is -0.210. The summed E-state index contributed by atoms with van der Waals surface area (Å²) in [5.41, 5.74) is 1.40. The van der Waals surface area contributed by atoms with Gasteiger partial charge in [-0.25, -0.2) is 0 Å². The number of aliphatic hydroxyl groups excluding tert-OH is 1. The van der Waals surface area contributed by atoms with E-state index in [1.54, 1.807) is 0 Å². The first kappa shape index (κ1) is 15.5. The lowest BCUT2D eigenvalue weighted by molar-refractivity contribution is 0.0534. The summed E-state index contributed by atoms with van der Waals surface area (Å²) in [5, 5.41) is 10.1. The van der Waals surface area contributed by atoms with Gasteiger partial charge in [-0.05, 0) is 56.7 Å². The topological polar surface area (TPSA) is 23.5 Å². The molecule has 2 heteroatoms. The lowest BCUT2D eigenvalue weighted by Crippen LogP contribution is -2.42. The summed E-state index contributed by atoms with van der Waals surface area (Å²) in [7, 11) is 0. The maximum Gasteiger partial charge on any atom is 0.0546 e. The second-order valence-corrected chi connectivity index (χ2v) is 6.11.